The lowest BCUT2D eigenvalue weighted by atomic mass is 10.0. The van der Waals surface area contributed by atoms with Crippen LogP contribution in [0, 0.1) is 5.82 Å². The Kier molecular flexibility index (Phi) is 4.85. The molecule has 0 radical (unpaired) electrons. The van der Waals surface area contributed by atoms with Gasteiger partial charge < -0.3 is 5.32 Å². The standard InChI is InChI=1S/C21H18FN/c22-19-12-14-20(15-13-19)23-21(18-9-5-2-6-10-18)16-11-17-7-3-1-4-8-17/h1-16,21,23H/b16-11+. The summed E-state index contributed by atoms with van der Waals surface area (Å²) in [7, 11) is 0. The fraction of sp³-hybridized carbons (Fsp3) is 0.0476. The Balaban J connectivity index is 1.85. The second-order valence-corrected chi connectivity index (χ2v) is 5.31. The van der Waals surface area contributed by atoms with Crippen LogP contribution in [0.5, 0.6) is 0 Å². The molecule has 0 aliphatic carbocycles. The van der Waals surface area contributed by atoms with E-state index in [0.717, 1.165) is 16.8 Å². The molecule has 0 fully saturated rings. The van der Waals surface area contributed by atoms with Crippen molar-refractivity contribution < 1.29 is 4.39 Å². The first-order valence-corrected chi connectivity index (χ1v) is 7.61. The van der Waals surface area contributed by atoms with Gasteiger partial charge in [-0.3, -0.25) is 0 Å². The molecule has 1 unspecified atom stereocenters. The van der Waals surface area contributed by atoms with Crippen LogP contribution in [0.25, 0.3) is 6.08 Å². The number of nitrogens with one attached hydrogen (secondary N) is 1. The molecule has 0 saturated heterocycles. The highest BCUT2D eigenvalue weighted by molar-refractivity contribution is 5.54. The first-order valence-electron chi connectivity index (χ1n) is 7.61. The van der Waals surface area contributed by atoms with Crippen LogP contribution < -0.4 is 5.32 Å². The summed E-state index contributed by atoms with van der Waals surface area (Å²) in [5.41, 5.74) is 3.19. The zero-order chi connectivity index (χ0) is 15.9. The smallest absolute Gasteiger partial charge is 0.123 e. The van der Waals surface area contributed by atoms with Gasteiger partial charge in [-0.05, 0) is 35.4 Å². The summed E-state index contributed by atoms with van der Waals surface area (Å²) in [5, 5.41) is 3.44. The molecule has 0 saturated carbocycles. The first kappa shape index (κ1) is 15.0. The summed E-state index contributed by atoms with van der Waals surface area (Å²) >= 11 is 0. The number of anilines is 1. The number of hydrogen-bond acceptors (Lipinski definition) is 1. The molecule has 1 nitrogen and oxygen atoms in total. The number of benzene rings is 3. The predicted octanol–water partition coefficient (Wildman–Crippen LogP) is 5.69. The van der Waals surface area contributed by atoms with E-state index in [9.17, 15) is 4.39 Å². The van der Waals surface area contributed by atoms with E-state index < -0.39 is 0 Å². The average Bonchev–Trinajstić information content (AvgIpc) is 2.62. The Labute approximate surface area is 136 Å². The fourth-order valence-corrected chi connectivity index (χ4v) is 2.40. The Morgan fingerprint density at radius 3 is 2.00 bits per heavy atom. The predicted molar refractivity (Wildman–Crippen MR) is 94.7 cm³/mol. The molecule has 0 aliphatic heterocycles. The van der Waals surface area contributed by atoms with Crippen LogP contribution in [0.3, 0.4) is 0 Å². The highest BCUT2D eigenvalue weighted by atomic mass is 19.1. The highest BCUT2D eigenvalue weighted by Crippen LogP contribution is 2.22. The third kappa shape index (κ3) is 4.30. The topological polar surface area (TPSA) is 12.0 Å². The summed E-state index contributed by atoms with van der Waals surface area (Å²) in [4.78, 5) is 0. The first-order chi connectivity index (χ1) is 11.3. The SMILES string of the molecule is Fc1ccc(NC(/C=C/c2ccccc2)c2ccccc2)cc1. The maximum Gasteiger partial charge on any atom is 0.123 e. The fourth-order valence-electron chi connectivity index (χ4n) is 2.40. The van der Waals surface area contributed by atoms with E-state index in [1.54, 1.807) is 12.1 Å². The van der Waals surface area contributed by atoms with Crippen molar-refractivity contribution in [2.45, 2.75) is 6.04 Å². The van der Waals surface area contributed by atoms with E-state index in [2.05, 4.69) is 41.7 Å². The van der Waals surface area contributed by atoms with Gasteiger partial charge in [0.2, 0.25) is 0 Å². The molecule has 0 aliphatic rings. The molecule has 23 heavy (non-hydrogen) atoms. The third-order valence-corrected chi connectivity index (χ3v) is 3.61. The Morgan fingerprint density at radius 1 is 0.739 bits per heavy atom. The van der Waals surface area contributed by atoms with Crippen molar-refractivity contribution in [1.82, 2.24) is 0 Å². The lowest BCUT2D eigenvalue weighted by molar-refractivity contribution is 0.628. The zero-order valence-corrected chi connectivity index (χ0v) is 12.7. The Hall–Kier alpha value is -2.87. The van der Waals surface area contributed by atoms with Crippen molar-refractivity contribution in [2.24, 2.45) is 0 Å². The van der Waals surface area contributed by atoms with Gasteiger partial charge >= 0.3 is 0 Å². The van der Waals surface area contributed by atoms with E-state index >= 15 is 0 Å². The molecule has 0 aromatic heterocycles. The lowest BCUT2D eigenvalue weighted by Gasteiger charge is -2.17. The lowest BCUT2D eigenvalue weighted by Crippen LogP contribution is -2.07. The van der Waals surface area contributed by atoms with Crippen LogP contribution in [-0.4, -0.2) is 0 Å². The molecule has 3 aromatic carbocycles. The second kappa shape index (κ2) is 7.41. The van der Waals surface area contributed by atoms with Crippen LogP contribution in [0.4, 0.5) is 10.1 Å². The summed E-state index contributed by atoms with van der Waals surface area (Å²) in [6, 6.07) is 26.8. The molecule has 1 atom stereocenters. The molecule has 3 rings (SSSR count). The van der Waals surface area contributed by atoms with Crippen molar-refractivity contribution in [2.75, 3.05) is 5.32 Å². The van der Waals surface area contributed by atoms with Crippen molar-refractivity contribution in [3.8, 4) is 0 Å². The van der Waals surface area contributed by atoms with Gasteiger partial charge in [-0.1, -0.05) is 72.8 Å². The Morgan fingerprint density at radius 2 is 1.35 bits per heavy atom. The van der Waals surface area contributed by atoms with Gasteiger partial charge in [0.15, 0.2) is 0 Å². The minimum Gasteiger partial charge on any atom is -0.375 e. The van der Waals surface area contributed by atoms with Crippen LogP contribution in [-0.2, 0) is 0 Å². The summed E-state index contributed by atoms with van der Waals surface area (Å²) in [6.07, 6.45) is 4.21. The van der Waals surface area contributed by atoms with Crippen LogP contribution >= 0.6 is 0 Å². The summed E-state index contributed by atoms with van der Waals surface area (Å²) in [5.74, 6) is -0.230. The minimum absolute atomic E-state index is 0.0156. The monoisotopic (exact) mass is 303 g/mol. The molecule has 0 bridgehead atoms. The van der Waals surface area contributed by atoms with Gasteiger partial charge in [0.05, 0.1) is 6.04 Å². The molecule has 0 heterocycles. The highest BCUT2D eigenvalue weighted by Gasteiger charge is 2.07. The Bertz CT molecular complexity index is 749. The largest absolute Gasteiger partial charge is 0.375 e. The van der Waals surface area contributed by atoms with Gasteiger partial charge in [0, 0.05) is 5.69 Å². The maximum atomic E-state index is 13.1. The number of hydrogen-bond donors (Lipinski definition) is 1. The summed E-state index contributed by atoms with van der Waals surface area (Å²) < 4.78 is 13.1. The van der Waals surface area contributed by atoms with Crippen molar-refractivity contribution in [1.29, 1.82) is 0 Å². The van der Waals surface area contributed by atoms with Crippen molar-refractivity contribution in [3.05, 3.63) is 108 Å². The van der Waals surface area contributed by atoms with E-state index in [1.165, 1.54) is 12.1 Å². The van der Waals surface area contributed by atoms with E-state index in [0.29, 0.717) is 0 Å². The van der Waals surface area contributed by atoms with Gasteiger partial charge in [-0.15, -0.1) is 0 Å². The summed E-state index contributed by atoms with van der Waals surface area (Å²) in [6.45, 7) is 0. The maximum absolute atomic E-state index is 13.1. The molecule has 114 valence electrons. The van der Waals surface area contributed by atoms with Gasteiger partial charge in [0.1, 0.15) is 5.82 Å². The second-order valence-electron chi connectivity index (χ2n) is 5.31. The van der Waals surface area contributed by atoms with Gasteiger partial charge in [-0.2, -0.15) is 0 Å². The average molecular weight is 303 g/mol. The quantitative estimate of drug-likeness (QED) is 0.638. The van der Waals surface area contributed by atoms with Crippen LogP contribution in [0.1, 0.15) is 17.2 Å². The number of halogens is 1. The van der Waals surface area contributed by atoms with Crippen molar-refractivity contribution >= 4 is 11.8 Å². The molecule has 3 aromatic rings. The van der Waals surface area contributed by atoms with E-state index in [1.807, 2.05) is 36.4 Å². The number of rotatable bonds is 5. The zero-order valence-electron chi connectivity index (χ0n) is 12.7. The molecule has 1 N–H and O–H groups in total. The van der Waals surface area contributed by atoms with E-state index in [4.69, 9.17) is 0 Å². The third-order valence-electron chi connectivity index (χ3n) is 3.61. The molecule has 0 amide bonds. The molecular formula is C21H18FN. The molecule has 0 spiro atoms. The van der Waals surface area contributed by atoms with Crippen LogP contribution in [0.2, 0.25) is 0 Å². The molecular weight excluding hydrogens is 285 g/mol. The van der Waals surface area contributed by atoms with Gasteiger partial charge in [-0.25, -0.2) is 4.39 Å². The van der Waals surface area contributed by atoms with Crippen LogP contribution in [0.15, 0.2) is 91.0 Å². The molecule has 2 heteroatoms. The van der Waals surface area contributed by atoms with Gasteiger partial charge in [0.25, 0.3) is 0 Å². The van der Waals surface area contributed by atoms with E-state index in [-0.39, 0.29) is 11.9 Å². The normalized spacial score (nSPS) is 12.2. The van der Waals surface area contributed by atoms with Crippen molar-refractivity contribution in [3.63, 3.8) is 0 Å². The minimum atomic E-state index is -0.230.